The van der Waals surface area contributed by atoms with E-state index in [4.69, 9.17) is 4.42 Å². The maximum atomic E-state index is 12.5. The Bertz CT molecular complexity index is 838. The number of halogens is 3. The van der Waals surface area contributed by atoms with Crippen LogP contribution in [0.15, 0.2) is 53.3 Å². The number of carbonyl (C=O) groups is 1. The highest BCUT2D eigenvalue weighted by atomic mass is 19.4. The highest BCUT2D eigenvalue weighted by Gasteiger charge is 2.30. The summed E-state index contributed by atoms with van der Waals surface area (Å²) in [6, 6.07) is 9.37. The van der Waals surface area contributed by atoms with Crippen LogP contribution in [0.2, 0.25) is 0 Å². The van der Waals surface area contributed by atoms with Crippen molar-refractivity contribution < 1.29 is 22.4 Å². The first kappa shape index (κ1) is 15.1. The molecular formula is C16H11F3N2O2. The summed E-state index contributed by atoms with van der Waals surface area (Å²) in [5.74, 6) is -0.448. The third-order valence-electron chi connectivity index (χ3n) is 3.32. The number of hydrogen-bond acceptors (Lipinski definition) is 3. The topological polar surface area (TPSA) is 55.1 Å². The first-order chi connectivity index (χ1) is 10.9. The third kappa shape index (κ3) is 3.33. The fraction of sp³-hybridized carbons (Fsp3) is 0.125. The van der Waals surface area contributed by atoms with Crippen molar-refractivity contribution in [2.45, 2.75) is 12.7 Å². The van der Waals surface area contributed by atoms with E-state index in [1.165, 1.54) is 6.39 Å². The number of nitrogens with zero attached hydrogens (tertiary/aromatic N) is 1. The predicted molar refractivity (Wildman–Crippen MR) is 76.6 cm³/mol. The summed E-state index contributed by atoms with van der Waals surface area (Å²) in [6.07, 6.45) is -3.09. The molecule has 7 heteroatoms. The van der Waals surface area contributed by atoms with Gasteiger partial charge in [0.05, 0.1) is 5.56 Å². The van der Waals surface area contributed by atoms with E-state index in [1.807, 2.05) is 0 Å². The Labute approximate surface area is 128 Å². The lowest BCUT2D eigenvalue weighted by molar-refractivity contribution is -0.137. The molecule has 4 nitrogen and oxygen atoms in total. The molecule has 0 saturated carbocycles. The smallest absolute Gasteiger partial charge is 0.416 e. The average molecular weight is 320 g/mol. The Hall–Kier alpha value is -2.83. The number of nitrogens with one attached hydrogen (secondary N) is 1. The minimum atomic E-state index is -4.42. The Morgan fingerprint density at radius 2 is 1.87 bits per heavy atom. The minimum Gasteiger partial charge on any atom is -0.443 e. The van der Waals surface area contributed by atoms with Crippen LogP contribution in [0.25, 0.3) is 11.1 Å². The van der Waals surface area contributed by atoms with E-state index in [-0.39, 0.29) is 12.1 Å². The van der Waals surface area contributed by atoms with E-state index < -0.39 is 17.6 Å². The molecule has 23 heavy (non-hydrogen) atoms. The van der Waals surface area contributed by atoms with Gasteiger partial charge in [0.15, 0.2) is 12.0 Å². The molecule has 3 aromatic rings. The second-order valence-electron chi connectivity index (χ2n) is 4.91. The molecule has 0 bridgehead atoms. The molecule has 1 N–H and O–H groups in total. The van der Waals surface area contributed by atoms with Gasteiger partial charge < -0.3 is 9.73 Å². The zero-order chi connectivity index (χ0) is 16.4. The van der Waals surface area contributed by atoms with Crippen LogP contribution in [0.1, 0.15) is 21.5 Å². The van der Waals surface area contributed by atoms with Crippen molar-refractivity contribution in [3.63, 3.8) is 0 Å². The number of hydrogen-bond donors (Lipinski definition) is 1. The molecule has 1 amide bonds. The lowest BCUT2D eigenvalue weighted by Gasteiger charge is -2.08. The summed E-state index contributed by atoms with van der Waals surface area (Å²) in [5.41, 5.74) is 1.49. The van der Waals surface area contributed by atoms with Crippen molar-refractivity contribution >= 4 is 17.0 Å². The number of carbonyl (C=O) groups excluding carboxylic acids is 1. The van der Waals surface area contributed by atoms with E-state index >= 15 is 0 Å². The van der Waals surface area contributed by atoms with Crippen LogP contribution in [0.3, 0.4) is 0 Å². The van der Waals surface area contributed by atoms with Crippen molar-refractivity contribution in [3.05, 3.63) is 65.5 Å². The van der Waals surface area contributed by atoms with Crippen LogP contribution in [0, 0.1) is 0 Å². The van der Waals surface area contributed by atoms with E-state index in [0.29, 0.717) is 11.1 Å². The van der Waals surface area contributed by atoms with Gasteiger partial charge in [-0.2, -0.15) is 13.2 Å². The second-order valence-corrected chi connectivity index (χ2v) is 4.91. The molecule has 0 unspecified atom stereocenters. The highest BCUT2D eigenvalue weighted by Crippen LogP contribution is 2.29. The van der Waals surface area contributed by atoms with Gasteiger partial charge in [-0.3, -0.25) is 4.79 Å². The SMILES string of the molecule is O=C(NCc1ccc2ncoc2c1)c1ccc(C(F)(F)F)cc1. The molecule has 0 atom stereocenters. The molecule has 1 aromatic heterocycles. The van der Waals surface area contributed by atoms with Crippen LogP contribution in [0.4, 0.5) is 13.2 Å². The number of fused-ring (bicyclic) bond motifs is 1. The van der Waals surface area contributed by atoms with Gasteiger partial charge in [-0.15, -0.1) is 0 Å². The zero-order valence-electron chi connectivity index (χ0n) is 11.7. The predicted octanol–water partition coefficient (Wildman–Crippen LogP) is 3.78. The molecular weight excluding hydrogens is 309 g/mol. The lowest BCUT2D eigenvalue weighted by Crippen LogP contribution is -2.22. The van der Waals surface area contributed by atoms with Crippen molar-refractivity contribution in [2.75, 3.05) is 0 Å². The molecule has 1 heterocycles. The minimum absolute atomic E-state index is 0.166. The summed E-state index contributed by atoms with van der Waals surface area (Å²) in [5, 5.41) is 2.65. The van der Waals surface area contributed by atoms with Gasteiger partial charge in [-0.25, -0.2) is 4.98 Å². The van der Waals surface area contributed by atoms with Gasteiger partial charge >= 0.3 is 6.18 Å². The summed E-state index contributed by atoms with van der Waals surface area (Å²) in [6.45, 7) is 0.233. The highest BCUT2D eigenvalue weighted by molar-refractivity contribution is 5.94. The van der Waals surface area contributed by atoms with Crippen LogP contribution in [-0.4, -0.2) is 10.9 Å². The zero-order valence-corrected chi connectivity index (χ0v) is 11.7. The number of benzene rings is 2. The summed E-state index contributed by atoms with van der Waals surface area (Å²) in [7, 11) is 0. The summed E-state index contributed by atoms with van der Waals surface area (Å²) < 4.78 is 42.6. The van der Waals surface area contributed by atoms with E-state index in [1.54, 1.807) is 18.2 Å². The maximum Gasteiger partial charge on any atom is 0.416 e. The third-order valence-corrected chi connectivity index (χ3v) is 3.32. The van der Waals surface area contributed by atoms with Crippen LogP contribution < -0.4 is 5.32 Å². The molecule has 0 aliphatic heterocycles. The van der Waals surface area contributed by atoms with Crippen molar-refractivity contribution in [1.82, 2.24) is 10.3 Å². The number of rotatable bonds is 3. The van der Waals surface area contributed by atoms with Gasteiger partial charge in [-0.1, -0.05) is 6.07 Å². The molecule has 3 rings (SSSR count). The number of oxazole rings is 1. The van der Waals surface area contributed by atoms with Gasteiger partial charge in [0, 0.05) is 12.1 Å². The largest absolute Gasteiger partial charge is 0.443 e. The second kappa shape index (κ2) is 5.75. The Morgan fingerprint density at radius 1 is 1.13 bits per heavy atom. The normalized spacial score (nSPS) is 11.6. The van der Waals surface area contributed by atoms with Crippen molar-refractivity contribution in [3.8, 4) is 0 Å². The van der Waals surface area contributed by atoms with Crippen LogP contribution in [-0.2, 0) is 12.7 Å². The van der Waals surface area contributed by atoms with Crippen molar-refractivity contribution in [2.24, 2.45) is 0 Å². The Kier molecular flexibility index (Phi) is 3.77. The molecule has 0 aliphatic carbocycles. The van der Waals surface area contributed by atoms with Gasteiger partial charge in [-0.05, 0) is 42.0 Å². The lowest BCUT2D eigenvalue weighted by atomic mass is 10.1. The first-order valence-electron chi connectivity index (χ1n) is 6.71. The maximum absolute atomic E-state index is 12.5. The van der Waals surface area contributed by atoms with Gasteiger partial charge in [0.1, 0.15) is 5.52 Å². The summed E-state index contributed by atoms with van der Waals surface area (Å²) >= 11 is 0. The standard InChI is InChI=1S/C16H11F3N2O2/c17-16(18,19)12-4-2-11(3-5-12)15(22)20-8-10-1-6-13-14(7-10)23-9-21-13/h1-7,9H,8H2,(H,20,22). The first-order valence-corrected chi connectivity index (χ1v) is 6.71. The van der Waals surface area contributed by atoms with E-state index in [9.17, 15) is 18.0 Å². The molecule has 0 aliphatic rings. The number of alkyl halides is 3. The molecule has 0 fully saturated rings. The molecule has 0 spiro atoms. The average Bonchev–Trinajstić information content (AvgIpc) is 2.99. The summed E-state index contributed by atoms with van der Waals surface area (Å²) in [4.78, 5) is 15.9. The van der Waals surface area contributed by atoms with E-state index in [0.717, 1.165) is 29.8 Å². The number of aromatic nitrogens is 1. The van der Waals surface area contributed by atoms with Crippen LogP contribution in [0.5, 0.6) is 0 Å². The molecule has 2 aromatic carbocycles. The fourth-order valence-electron chi connectivity index (χ4n) is 2.10. The van der Waals surface area contributed by atoms with Gasteiger partial charge in [0.2, 0.25) is 0 Å². The fourth-order valence-corrected chi connectivity index (χ4v) is 2.10. The van der Waals surface area contributed by atoms with Crippen LogP contribution >= 0.6 is 0 Å². The Balaban J connectivity index is 1.66. The molecule has 118 valence electrons. The molecule has 0 saturated heterocycles. The van der Waals surface area contributed by atoms with Gasteiger partial charge in [0.25, 0.3) is 5.91 Å². The quantitative estimate of drug-likeness (QED) is 0.799. The van der Waals surface area contributed by atoms with E-state index in [2.05, 4.69) is 10.3 Å². The number of amides is 1. The Morgan fingerprint density at radius 3 is 2.57 bits per heavy atom. The monoisotopic (exact) mass is 320 g/mol. The molecule has 0 radical (unpaired) electrons. The van der Waals surface area contributed by atoms with Crippen molar-refractivity contribution in [1.29, 1.82) is 0 Å².